The number of aromatic nitrogens is 1. The molecule has 6 nitrogen and oxygen atoms in total. The molecule has 0 N–H and O–H groups in total. The summed E-state index contributed by atoms with van der Waals surface area (Å²) in [4.78, 5) is 18.3. The van der Waals surface area contributed by atoms with Crippen molar-refractivity contribution in [1.29, 1.82) is 0 Å². The van der Waals surface area contributed by atoms with Crippen LogP contribution in [0.2, 0.25) is 0 Å². The van der Waals surface area contributed by atoms with Crippen LogP contribution in [0.15, 0.2) is 48.7 Å². The Morgan fingerprint density at radius 2 is 1.90 bits per heavy atom. The number of methoxy groups -OCH3 is 1. The van der Waals surface area contributed by atoms with Gasteiger partial charge < -0.3 is 19.4 Å². The minimum Gasteiger partial charge on any atom is -0.550 e. The Morgan fingerprint density at radius 1 is 1.12 bits per heavy atom. The molecule has 2 aliphatic carbocycles. The number of carbonyl (C=O) groups is 1. The van der Waals surface area contributed by atoms with Crippen LogP contribution in [0.3, 0.4) is 0 Å². The summed E-state index contributed by atoms with van der Waals surface area (Å²) in [5.74, 6) is 1.28. The normalized spacial score (nSPS) is 24.0. The fourth-order valence-electron chi connectivity index (χ4n) is 7.21. The van der Waals surface area contributed by atoms with Crippen LogP contribution in [0.5, 0.6) is 11.6 Å². The molecule has 2 aliphatic heterocycles. The zero-order chi connectivity index (χ0) is 28.2. The van der Waals surface area contributed by atoms with Crippen LogP contribution in [-0.2, 0) is 17.8 Å². The first-order chi connectivity index (χ1) is 19.9. The topological polar surface area (TPSA) is 74.7 Å². The average molecular weight is 579 g/mol. The Balaban J connectivity index is 0.00000316. The van der Waals surface area contributed by atoms with E-state index in [4.69, 9.17) is 9.47 Å². The van der Waals surface area contributed by atoms with E-state index >= 15 is 4.39 Å². The molecule has 42 heavy (non-hydrogen) atoms. The molecule has 3 heterocycles. The molecule has 8 heteroatoms. The van der Waals surface area contributed by atoms with Gasteiger partial charge in [-0.25, -0.2) is 9.37 Å². The van der Waals surface area contributed by atoms with Gasteiger partial charge in [0, 0.05) is 43.2 Å². The summed E-state index contributed by atoms with van der Waals surface area (Å²) in [6.07, 6.45) is 6.27. The number of ether oxygens (including phenoxy) is 2. The predicted octanol–water partition coefficient (Wildman–Crippen LogP) is 2.30. The monoisotopic (exact) mass is 578 g/mol. The summed E-state index contributed by atoms with van der Waals surface area (Å²) in [5, 5.41) is 11.8. The van der Waals surface area contributed by atoms with Crippen molar-refractivity contribution in [3.05, 3.63) is 76.7 Å². The number of fused-ring (bicyclic) bond motifs is 2. The van der Waals surface area contributed by atoms with Crippen molar-refractivity contribution in [2.45, 2.75) is 57.6 Å². The third-order valence-corrected chi connectivity index (χ3v) is 9.74. The molecule has 3 aromatic rings. The third kappa shape index (κ3) is 5.86. The van der Waals surface area contributed by atoms with Gasteiger partial charge in [-0.2, -0.15) is 0 Å². The van der Waals surface area contributed by atoms with Crippen LogP contribution in [0.4, 0.5) is 4.39 Å². The van der Waals surface area contributed by atoms with E-state index in [1.54, 1.807) is 20.1 Å². The van der Waals surface area contributed by atoms with Crippen LogP contribution in [-0.4, -0.2) is 36.1 Å². The number of carbonyl (C=O) groups excluding carboxylic acids is 1. The maximum Gasteiger partial charge on any atom is 1.00 e. The van der Waals surface area contributed by atoms with Gasteiger partial charge in [-0.1, -0.05) is 37.3 Å². The molecule has 0 amide bonds. The Bertz CT molecular complexity index is 1480. The Labute approximate surface area is 268 Å². The van der Waals surface area contributed by atoms with E-state index in [9.17, 15) is 9.90 Å². The van der Waals surface area contributed by atoms with Crippen molar-refractivity contribution in [2.24, 2.45) is 23.7 Å². The van der Waals surface area contributed by atoms with Crippen LogP contribution in [0, 0.1) is 29.5 Å². The van der Waals surface area contributed by atoms with Gasteiger partial charge in [0.25, 0.3) is 0 Å². The fraction of sp³-hybridized carbons (Fsp3) is 0.471. The SMILES string of the molecule is COc1cc(-c2ccc([C@@H]3CCc4ccc([C@H](C5CC5)[C@H](C)C(=O)[O-])cc4O3)cc2CN2CC3CC3C2)c(F)cn1.[Na+]. The van der Waals surface area contributed by atoms with E-state index in [2.05, 4.69) is 40.2 Å². The van der Waals surface area contributed by atoms with E-state index in [1.807, 2.05) is 6.07 Å². The molecule has 214 valence electrons. The van der Waals surface area contributed by atoms with E-state index < -0.39 is 11.9 Å². The second kappa shape index (κ2) is 11.9. The molecule has 2 saturated carbocycles. The fourth-order valence-corrected chi connectivity index (χ4v) is 7.21. The molecule has 1 aromatic heterocycles. The van der Waals surface area contributed by atoms with Gasteiger partial charge in [-0.3, -0.25) is 4.90 Å². The first kappa shape index (κ1) is 29.6. The molecule has 2 unspecified atom stereocenters. The number of hydrogen-bond donors (Lipinski definition) is 0. The van der Waals surface area contributed by atoms with Crippen molar-refractivity contribution in [2.75, 3.05) is 20.2 Å². The van der Waals surface area contributed by atoms with Gasteiger partial charge in [0.05, 0.1) is 13.3 Å². The number of carboxylic acid groups (broad SMARTS) is 1. The number of aliphatic carboxylic acids is 1. The minimum absolute atomic E-state index is 0. The number of likely N-dealkylation sites (tertiary alicyclic amines) is 1. The number of benzene rings is 2. The van der Waals surface area contributed by atoms with Crippen molar-refractivity contribution >= 4 is 5.97 Å². The molecular weight excluding hydrogens is 542 g/mol. The second-order valence-corrected chi connectivity index (χ2v) is 12.6. The number of pyridine rings is 1. The largest absolute Gasteiger partial charge is 1.00 e. The van der Waals surface area contributed by atoms with Gasteiger partial charge in [-0.05, 0) is 89.7 Å². The molecule has 0 radical (unpaired) electrons. The van der Waals surface area contributed by atoms with Crippen molar-refractivity contribution < 1.29 is 53.3 Å². The summed E-state index contributed by atoms with van der Waals surface area (Å²) in [5.41, 5.74) is 5.68. The maximum absolute atomic E-state index is 15.0. The van der Waals surface area contributed by atoms with Crippen LogP contribution < -0.4 is 44.1 Å². The van der Waals surface area contributed by atoms with Crippen LogP contribution >= 0.6 is 0 Å². The molecule has 2 aromatic carbocycles. The van der Waals surface area contributed by atoms with E-state index in [0.717, 1.165) is 90.7 Å². The van der Waals surface area contributed by atoms with Crippen molar-refractivity contribution in [1.82, 2.24) is 9.88 Å². The zero-order valence-electron chi connectivity index (χ0n) is 24.6. The Morgan fingerprint density at radius 3 is 2.62 bits per heavy atom. The van der Waals surface area contributed by atoms with Gasteiger partial charge in [-0.15, -0.1) is 0 Å². The quantitative estimate of drug-likeness (QED) is 0.363. The number of rotatable bonds is 9. The molecule has 7 rings (SSSR count). The number of nitrogens with zero attached hydrogens (tertiary/aromatic N) is 2. The number of piperidine rings is 1. The number of hydrogen-bond acceptors (Lipinski definition) is 6. The number of halogens is 1. The van der Waals surface area contributed by atoms with Gasteiger partial charge in [0.1, 0.15) is 17.7 Å². The molecular formula is C34H36FN2NaO4. The molecule has 3 fully saturated rings. The van der Waals surface area contributed by atoms with Crippen molar-refractivity contribution in [3.63, 3.8) is 0 Å². The molecule has 0 bridgehead atoms. The summed E-state index contributed by atoms with van der Waals surface area (Å²) in [6.45, 7) is 4.71. The van der Waals surface area contributed by atoms with E-state index in [0.29, 0.717) is 17.4 Å². The maximum atomic E-state index is 15.0. The van der Waals surface area contributed by atoms with Crippen LogP contribution in [0.1, 0.15) is 66.9 Å². The first-order valence-electron chi connectivity index (χ1n) is 14.9. The Hall–Kier alpha value is -2.45. The predicted molar refractivity (Wildman–Crippen MR) is 151 cm³/mol. The molecule has 4 aliphatic rings. The first-order valence-corrected chi connectivity index (χ1v) is 14.9. The molecule has 1 saturated heterocycles. The molecule has 5 atom stereocenters. The summed E-state index contributed by atoms with van der Waals surface area (Å²) < 4.78 is 27.0. The average Bonchev–Trinajstić information content (AvgIpc) is 3.91. The van der Waals surface area contributed by atoms with Gasteiger partial charge in [0.15, 0.2) is 0 Å². The van der Waals surface area contributed by atoms with E-state index in [-0.39, 0.29) is 47.4 Å². The van der Waals surface area contributed by atoms with Gasteiger partial charge >= 0.3 is 29.6 Å². The van der Waals surface area contributed by atoms with Crippen molar-refractivity contribution in [3.8, 4) is 22.8 Å². The van der Waals surface area contributed by atoms with E-state index in [1.165, 1.54) is 12.6 Å². The Kier molecular flexibility index (Phi) is 8.40. The number of carboxylic acids is 1. The summed E-state index contributed by atoms with van der Waals surface area (Å²) >= 11 is 0. The van der Waals surface area contributed by atoms with Crippen LogP contribution in [0.25, 0.3) is 11.1 Å². The smallest absolute Gasteiger partial charge is 0.550 e. The van der Waals surface area contributed by atoms with Gasteiger partial charge in [0.2, 0.25) is 5.88 Å². The second-order valence-electron chi connectivity index (χ2n) is 12.6. The third-order valence-electron chi connectivity index (χ3n) is 9.74. The summed E-state index contributed by atoms with van der Waals surface area (Å²) in [7, 11) is 1.54. The summed E-state index contributed by atoms with van der Waals surface area (Å²) in [6, 6.07) is 14.2. The standard InChI is InChI=1S/C34H37FN2O4.Na/c1-19(34(38)39)33(21-4-5-21)23-6-3-20-8-10-30(41-31(20)13-23)22-7-9-27(28-14-32(40-2)36-15-29(28)35)26(11-22)18-37-16-24-12-25(24)17-37;/h3,6-7,9,11,13-15,19,21,24-25,30,33H,4-5,8,10,12,16-18H2,1-2H3,(H,38,39);/q;+1/p-1/t19-,24?,25?,30-,33-;/m0./s1. The molecule has 0 spiro atoms. The minimum atomic E-state index is -0.996. The zero-order valence-corrected chi connectivity index (χ0v) is 26.6. The number of aryl methyl sites for hydroxylation is 1.